The first-order valence-corrected chi connectivity index (χ1v) is 13.3. The number of thioether (sulfide) groups is 1. The first-order chi connectivity index (χ1) is 16.0. The van der Waals surface area contributed by atoms with E-state index in [0.717, 1.165) is 32.1 Å². The van der Waals surface area contributed by atoms with Gasteiger partial charge in [-0.3, -0.25) is 9.59 Å². The summed E-state index contributed by atoms with van der Waals surface area (Å²) in [5.74, 6) is -0.0358. The minimum Gasteiger partial charge on any atom is -0.508 e. The number of ether oxygens (including phenoxy) is 1. The highest BCUT2D eigenvalue weighted by Crippen LogP contribution is 2.26. The lowest BCUT2D eigenvalue weighted by Crippen LogP contribution is -2.52. The Hall–Kier alpha value is -2.42. The highest BCUT2D eigenvalue weighted by atomic mass is 32.2. The van der Waals surface area contributed by atoms with Crippen LogP contribution in [0.2, 0.25) is 0 Å². The lowest BCUT2D eigenvalue weighted by Gasteiger charge is -2.33. The number of carbonyl (C=O) groups is 3. The van der Waals surface area contributed by atoms with Gasteiger partial charge in [0.1, 0.15) is 23.4 Å². The molecule has 1 aromatic carbocycles. The van der Waals surface area contributed by atoms with Gasteiger partial charge in [-0.1, -0.05) is 31.4 Å². The van der Waals surface area contributed by atoms with Crippen LogP contribution in [0.15, 0.2) is 24.3 Å². The summed E-state index contributed by atoms with van der Waals surface area (Å²) in [6.07, 6.45) is 6.74. The summed E-state index contributed by atoms with van der Waals surface area (Å²) in [6.45, 7) is 5.26. The van der Waals surface area contributed by atoms with Gasteiger partial charge in [-0.15, -0.1) is 0 Å². The van der Waals surface area contributed by atoms with E-state index in [4.69, 9.17) is 4.74 Å². The second-order valence-electron chi connectivity index (χ2n) is 9.77. The molecule has 0 aromatic heterocycles. The van der Waals surface area contributed by atoms with Crippen LogP contribution in [-0.2, 0) is 14.3 Å². The van der Waals surface area contributed by atoms with Crippen LogP contribution in [0, 0.1) is 0 Å². The molecule has 1 aliphatic rings. The molecule has 3 amide bonds. The molecule has 3 N–H and O–H groups in total. The fourth-order valence-corrected chi connectivity index (χ4v) is 4.56. The van der Waals surface area contributed by atoms with Gasteiger partial charge in [0, 0.05) is 13.1 Å². The number of alkyl carbamates (subject to hydrolysis) is 1. The standard InChI is InChI=1S/C25H39N3O5S/c1-25(2,3)33-24(32)27-20(14-15-34-5)23(31)28(4)21(17-10-9-13-19(29)16-17)22(30)26-18-11-7-6-8-12-18/h9-10,13,16,18,20-21,29H,6-8,11-12,14-15H2,1-5H3,(H,26,30)(H,27,32). The zero-order valence-electron chi connectivity index (χ0n) is 20.9. The number of aromatic hydroxyl groups is 1. The van der Waals surface area contributed by atoms with Crippen molar-refractivity contribution in [3.05, 3.63) is 29.8 Å². The van der Waals surface area contributed by atoms with E-state index in [-0.39, 0.29) is 17.7 Å². The molecule has 0 radical (unpaired) electrons. The molecule has 0 bridgehead atoms. The van der Waals surface area contributed by atoms with Crippen molar-refractivity contribution in [2.75, 3.05) is 19.1 Å². The molecule has 8 nitrogen and oxygen atoms in total. The van der Waals surface area contributed by atoms with Crippen molar-refractivity contribution in [3.63, 3.8) is 0 Å². The third kappa shape index (κ3) is 8.74. The Kier molecular flexibility index (Phi) is 10.5. The van der Waals surface area contributed by atoms with E-state index in [1.165, 1.54) is 17.0 Å². The molecule has 2 rings (SSSR count). The van der Waals surface area contributed by atoms with Crippen LogP contribution >= 0.6 is 11.8 Å². The van der Waals surface area contributed by atoms with E-state index in [9.17, 15) is 19.5 Å². The second kappa shape index (κ2) is 12.9. The Labute approximate surface area is 207 Å². The van der Waals surface area contributed by atoms with Gasteiger partial charge in [0.15, 0.2) is 0 Å². The first-order valence-electron chi connectivity index (χ1n) is 11.9. The maximum absolute atomic E-state index is 13.6. The van der Waals surface area contributed by atoms with E-state index in [1.54, 1.807) is 51.7 Å². The fourth-order valence-electron chi connectivity index (χ4n) is 4.09. The lowest BCUT2D eigenvalue weighted by molar-refractivity contribution is -0.141. The van der Waals surface area contributed by atoms with E-state index in [0.29, 0.717) is 17.7 Å². The molecule has 1 aromatic rings. The minimum atomic E-state index is -0.946. The lowest BCUT2D eigenvalue weighted by atomic mass is 9.94. The Bertz CT molecular complexity index is 836. The number of phenols is 1. The number of hydrogen-bond acceptors (Lipinski definition) is 6. The zero-order valence-corrected chi connectivity index (χ0v) is 21.7. The average Bonchev–Trinajstić information content (AvgIpc) is 2.75. The topological polar surface area (TPSA) is 108 Å². The van der Waals surface area contributed by atoms with Crippen molar-refractivity contribution in [2.24, 2.45) is 0 Å². The first kappa shape index (κ1) is 27.8. The highest BCUT2D eigenvalue weighted by molar-refractivity contribution is 7.98. The SMILES string of the molecule is CSCCC(NC(=O)OC(C)(C)C)C(=O)N(C)C(C(=O)NC1CCCCC1)c1cccc(O)c1. The number of benzene rings is 1. The monoisotopic (exact) mass is 493 g/mol. The summed E-state index contributed by atoms with van der Waals surface area (Å²) in [5, 5.41) is 15.8. The van der Waals surface area contributed by atoms with Gasteiger partial charge in [0.2, 0.25) is 11.8 Å². The van der Waals surface area contributed by atoms with Crippen molar-refractivity contribution in [1.82, 2.24) is 15.5 Å². The van der Waals surface area contributed by atoms with Crippen molar-refractivity contribution < 1.29 is 24.2 Å². The number of phenolic OH excluding ortho intramolecular Hbond substituents is 1. The van der Waals surface area contributed by atoms with Crippen LogP contribution < -0.4 is 10.6 Å². The molecule has 0 aliphatic heterocycles. The predicted octanol–water partition coefficient (Wildman–Crippen LogP) is 3.99. The van der Waals surface area contributed by atoms with Crippen LogP contribution in [0.4, 0.5) is 4.79 Å². The number of amides is 3. The summed E-state index contributed by atoms with van der Waals surface area (Å²) in [7, 11) is 1.56. The van der Waals surface area contributed by atoms with Gasteiger partial charge in [-0.05, 0) is 69.7 Å². The van der Waals surface area contributed by atoms with Crippen LogP contribution in [0.1, 0.15) is 70.9 Å². The molecule has 0 saturated heterocycles. The van der Waals surface area contributed by atoms with Crippen LogP contribution in [0.3, 0.4) is 0 Å². The van der Waals surface area contributed by atoms with E-state index in [2.05, 4.69) is 10.6 Å². The van der Waals surface area contributed by atoms with Crippen molar-refractivity contribution in [1.29, 1.82) is 0 Å². The maximum Gasteiger partial charge on any atom is 0.408 e. The van der Waals surface area contributed by atoms with Gasteiger partial charge in [0.25, 0.3) is 0 Å². The molecular weight excluding hydrogens is 454 g/mol. The smallest absolute Gasteiger partial charge is 0.408 e. The fraction of sp³-hybridized carbons (Fsp3) is 0.640. The second-order valence-corrected chi connectivity index (χ2v) is 10.8. The quantitative estimate of drug-likeness (QED) is 0.480. The third-order valence-electron chi connectivity index (χ3n) is 5.72. The number of rotatable bonds is 9. The number of carbonyl (C=O) groups excluding carboxylic acids is 3. The summed E-state index contributed by atoms with van der Waals surface area (Å²) in [4.78, 5) is 40.7. The van der Waals surface area contributed by atoms with Crippen LogP contribution in [-0.4, -0.2) is 64.7 Å². The Morgan fingerprint density at radius 1 is 1.21 bits per heavy atom. The van der Waals surface area contributed by atoms with Crippen molar-refractivity contribution >= 4 is 29.7 Å². The number of nitrogens with zero attached hydrogens (tertiary/aromatic N) is 1. The number of nitrogens with one attached hydrogen (secondary N) is 2. The molecule has 0 spiro atoms. The van der Waals surface area contributed by atoms with E-state index < -0.39 is 29.7 Å². The Balaban J connectivity index is 2.27. The van der Waals surface area contributed by atoms with Crippen LogP contribution in [0.5, 0.6) is 5.75 Å². The summed E-state index contributed by atoms with van der Waals surface area (Å²) in [6, 6.07) is 4.64. The molecule has 1 saturated carbocycles. The van der Waals surface area contributed by atoms with Gasteiger partial charge in [-0.2, -0.15) is 11.8 Å². The minimum absolute atomic E-state index is 0.0135. The maximum atomic E-state index is 13.6. The normalized spacial score (nSPS) is 16.3. The zero-order chi connectivity index (χ0) is 25.3. The number of hydrogen-bond donors (Lipinski definition) is 3. The van der Waals surface area contributed by atoms with Gasteiger partial charge in [-0.25, -0.2) is 4.79 Å². The van der Waals surface area contributed by atoms with E-state index in [1.807, 2.05) is 6.26 Å². The van der Waals surface area contributed by atoms with Crippen molar-refractivity contribution in [3.8, 4) is 5.75 Å². The largest absolute Gasteiger partial charge is 0.508 e. The Morgan fingerprint density at radius 2 is 1.88 bits per heavy atom. The van der Waals surface area contributed by atoms with Crippen LogP contribution in [0.25, 0.3) is 0 Å². The molecule has 34 heavy (non-hydrogen) atoms. The molecule has 190 valence electrons. The van der Waals surface area contributed by atoms with Gasteiger partial charge in [0.05, 0.1) is 0 Å². The predicted molar refractivity (Wildman–Crippen MR) is 135 cm³/mol. The number of likely N-dealkylation sites (N-methyl/N-ethyl adjacent to an activating group) is 1. The Morgan fingerprint density at radius 3 is 2.47 bits per heavy atom. The molecule has 2 unspecified atom stereocenters. The third-order valence-corrected chi connectivity index (χ3v) is 6.36. The molecule has 9 heteroatoms. The molecule has 0 heterocycles. The van der Waals surface area contributed by atoms with Gasteiger partial charge >= 0.3 is 6.09 Å². The molecule has 1 aliphatic carbocycles. The molecular formula is C25H39N3O5S. The van der Waals surface area contributed by atoms with Crippen molar-refractivity contribution in [2.45, 2.75) is 83.0 Å². The summed E-state index contributed by atoms with van der Waals surface area (Å²) < 4.78 is 5.35. The average molecular weight is 494 g/mol. The van der Waals surface area contributed by atoms with E-state index >= 15 is 0 Å². The summed E-state index contributed by atoms with van der Waals surface area (Å²) >= 11 is 1.56. The highest BCUT2D eigenvalue weighted by Gasteiger charge is 2.35. The van der Waals surface area contributed by atoms with Gasteiger partial charge < -0.3 is 25.4 Å². The summed E-state index contributed by atoms with van der Waals surface area (Å²) in [5.41, 5.74) is -0.197. The molecule has 2 atom stereocenters. The molecule has 1 fully saturated rings.